The van der Waals surface area contributed by atoms with E-state index in [2.05, 4.69) is 16.0 Å². The Hall–Kier alpha value is -2.32. The first-order valence-electron chi connectivity index (χ1n) is 7.66. The Morgan fingerprint density at radius 3 is 2.00 bits per heavy atom. The van der Waals surface area contributed by atoms with Gasteiger partial charge in [-0.1, -0.05) is 13.8 Å². The first-order valence-corrected chi connectivity index (χ1v) is 7.66. The van der Waals surface area contributed by atoms with Crippen molar-refractivity contribution in [1.29, 1.82) is 0 Å². The summed E-state index contributed by atoms with van der Waals surface area (Å²) in [5, 5.41) is 15.9. The lowest BCUT2D eigenvalue weighted by Gasteiger charge is -2.19. The second-order valence-electron chi connectivity index (χ2n) is 6.72. The molecule has 0 aromatic carbocycles. The molecule has 0 unspecified atom stereocenters. The number of carbonyl (C=O) groups is 4. The zero-order chi connectivity index (χ0) is 18.9. The monoisotopic (exact) mass is 345 g/mol. The number of hydrogen-bond acceptors (Lipinski definition) is 5. The summed E-state index contributed by atoms with van der Waals surface area (Å²) in [5.41, 5.74) is -0.678. The summed E-state index contributed by atoms with van der Waals surface area (Å²) in [6.45, 7) is 8.01. The van der Waals surface area contributed by atoms with Crippen LogP contribution in [-0.4, -0.2) is 53.7 Å². The summed E-state index contributed by atoms with van der Waals surface area (Å²) in [5.74, 6) is -2.24. The number of ether oxygens (including phenoxy) is 1. The lowest BCUT2D eigenvalue weighted by atomic mass is 10.0. The van der Waals surface area contributed by atoms with Gasteiger partial charge in [0.05, 0.1) is 6.54 Å². The number of amides is 3. The molecule has 138 valence electrons. The summed E-state index contributed by atoms with van der Waals surface area (Å²) in [6.07, 6.45) is -0.458. The van der Waals surface area contributed by atoms with Gasteiger partial charge >= 0.3 is 12.1 Å². The molecule has 0 radical (unpaired) electrons. The zero-order valence-corrected chi connectivity index (χ0v) is 14.8. The van der Waals surface area contributed by atoms with Crippen LogP contribution >= 0.6 is 0 Å². The van der Waals surface area contributed by atoms with Crippen molar-refractivity contribution in [2.45, 2.75) is 52.7 Å². The largest absolute Gasteiger partial charge is 0.480 e. The van der Waals surface area contributed by atoms with E-state index in [0.717, 1.165) is 0 Å². The molecule has 0 saturated carbocycles. The Labute approximate surface area is 141 Å². The van der Waals surface area contributed by atoms with Crippen molar-refractivity contribution in [2.24, 2.45) is 5.92 Å². The minimum absolute atomic E-state index is 0.0963. The van der Waals surface area contributed by atoms with Gasteiger partial charge in [-0.15, -0.1) is 0 Å². The predicted octanol–water partition coefficient (Wildman–Crippen LogP) is 0.243. The maximum absolute atomic E-state index is 11.7. The molecule has 0 spiro atoms. The second-order valence-corrected chi connectivity index (χ2v) is 6.72. The standard InChI is InChI=1S/C15H27N3O6/c1-9(2)6-10(13(21)22)18-12(20)8-16-11(19)7-17-14(23)24-15(3,4)5/h9-10H,6-8H2,1-5H3,(H,16,19)(H,17,23)(H,18,20)(H,21,22)/t10-/m0/s1. The summed E-state index contributed by atoms with van der Waals surface area (Å²) in [7, 11) is 0. The second kappa shape index (κ2) is 9.74. The molecule has 4 N–H and O–H groups in total. The molecular weight excluding hydrogens is 318 g/mol. The fourth-order valence-corrected chi connectivity index (χ4v) is 1.65. The van der Waals surface area contributed by atoms with Crippen molar-refractivity contribution in [3.63, 3.8) is 0 Å². The van der Waals surface area contributed by atoms with Gasteiger partial charge in [0.2, 0.25) is 11.8 Å². The third-order valence-corrected chi connectivity index (χ3v) is 2.58. The van der Waals surface area contributed by atoms with Gasteiger partial charge in [0.25, 0.3) is 0 Å². The van der Waals surface area contributed by atoms with Crippen molar-refractivity contribution >= 4 is 23.9 Å². The van der Waals surface area contributed by atoms with Crippen LogP contribution in [0, 0.1) is 5.92 Å². The van der Waals surface area contributed by atoms with E-state index in [4.69, 9.17) is 9.84 Å². The van der Waals surface area contributed by atoms with E-state index >= 15 is 0 Å². The molecule has 0 bridgehead atoms. The fourth-order valence-electron chi connectivity index (χ4n) is 1.65. The third kappa shape index (κ3) is 11.3. The topological polar surface area (TPSA) is 134 Å². The number of nitrogens with one attached hydrogen (secondary N) is 3. The number of hydrogen-bond donors (Lipinski definition) is 4. The lowest BCUT2D eigenvalue weighted by Crippen LogP contribution is -2.47. The normalized spacial score (nSPS) is 12.2. The smallest absolute Gasteiger partial charge is 0.408 e. The predicted molar refractivity (Wildman–Crippen MR) is 86.3 cm³/mol. The van der Waals surface area contributed by atoms with E-state index in [1.165, 1.54) is 0 Å². The van der Waals surface area contributed by atoms with Crippen molar-refractivity contribution in [1.82, 2.24) is 16.0 Å². The molecule has 0 saturated heterocycles. The highest BCUT2D eigenvalue weighted by molar-refractivity contribution is 5.89. The quantitative estimate of drug-likeness (QED) is 0.498. The highest BCUT2D eigenvalue weighted by Gasteiger charge is 2.21. The van der Waals surface area contributed by atoms with Gasteiger partial charge in [0, 0.05) is 0 Å². The van der Waals surface area contributed by atoms with Crippen LogP contribution in [0.3, 0.4) is 0 Å². The molecule has 9 nitrogen and oxygen atoms in total. The molecule has 0 aromatic heterocycles. The minimum atomic E-state index is -1.13. The van der Waals surface area contributed by atoms with Gasteiger partial charge in [-0.05, 0) is 33.1 Å². The Balaban J connectivity index is 4.15. The van der Waals surface area contributed by atoms with E-state index < -0.39 is 35.5 Å². The first-order chi connectivity index (χ1) is 10.9. The molecule has 0 fully saturated rings. The molecule has 0 rings (SSSR count). The first kappa shape index (κ1) is 21.7. The van der Waals surface area contributed by atoms with Crippen molar-refractivity contribution in [3.8, 4) is 0 Å². The van der Waals surface area contributed by atoms with Crippen LogP contribution in [0.4, 0.5) is 4.79 Å². The number of aliphatic carboxylic acids is 1. The van der Waals surface area contributed by atoms with E-state index in [0.29, 0.717) is 0 Å². The minimum Gasteiger partial charge on any atom is -0.480 e. The average Bonchev–Trinajstić information content (AvgIpc) is 2.39. The van der Waals surface area contributed by atoms with Crippen LogP contribution < -0.4 is 16.0 Å². The molecule has 0 heterocycles. The van der Waals surface area contributed by atoms with E-state index in [1.54, 1.807) is 20.8 Å². The number of alkyl carbamates (subject to hydrolysis) is 1. The number of carbonyl (C=O) groups excluding carboxylic acids is 3. The Morgan fingerprint density at radius 2 is 1.54 bits per heavy atom. The molecule has 0 aromatic rings. The van der Waals surface area contributed by atoms with Crippen LogP contribution in [0.1, 0.15) is 41.0 Å². The van der Waals surface area contributed by atoms with Crippen molar-refractivity contribution in [2.75, 3.05) is 13.1 Å². The van der Waals surface area contributed by atoms with Gasteiger partial charge in [-0.2, -0.15) is 0 Å². The third-order valence-electron chi connectivity index (χ3n) is 2.58. The van der Waals surface area contributed by atoms with E-state index in [-0.39, 0.29) is 25.4 Å². The Kier molecular flexibility index (Phi) is 8.80. The van der Waals surface area contributed by atoms with Crippen molar-refractivity contribution < 1.29 is 29.0 Å². The Morgan fingerprint density at radius 1 is 1.00 bits per heavy atom. The summed E-state index contributed by atoms with van der Waals surface area (Å²) in [4.78, 5) is 45.6. The molecule has 0 aliphatic carbocycles. The molecule has 3 amide bonds. The SMILES string of the molecule is CC(C)C[C@H](NC(=O)CNC(=O)CNC(=O)OC(C)(C)C)C(=O)O. The highest BCUT2D eigenvalue weighted by Crippen LogP contribution is 2.06. The molecule has 1 atom stereocenters. The Bertz CT molecular complexity index is 470. The maximum Gasteiger partial charge on any atom is 0.408 e. The van der Waals surface area contributed by atoms with Crippen LogP contribution in [0.5, 0.6) is 0 Å². The number of rotatable bonds is 8. The summed E-state index contributed by atoms with van der Waals surface area (Å²) in [6, 6.07) is -1.01. The number of carboxylic acid groups (broad SMARTS) is 1. The summed E-state index contributed by atoms with van der Waals surface area (Å²) < 4.78 is 4.96. The fraction of sp³-hybridized carbons (Fsp3) is 0.733. The lowest BCUT2D eigenvalue weighted by molar-refractivity contribution is -0.142. The van der Waals surface area contributed by atoms with Gasteiger partial charge in [0.15, 0.2) is 0 Å². The van der Waals surface area contributed by atoms with Gasteiger partial charge in [-0.25, -0.2) is 9.59 Å². The molecule has 0 aliphatic heterocycles. The van der Waals surface area contributed by atoms with Gasteiger partial charge in [-0.3, -0.25) is 9.59 Å². The maximum atomic E-state index is 11.7. The molecule has 0 aliphatic rings. The molecule has 9 heteroatoms. The van der Waals surface area contributed by atoms with E-state index in [9.17, 15) is 19.2 Å². The summed E-state index contributed by atoms with van der Waals surface area (Å²) >= 11 is 0. The molecular formula is C15H27N3O6. The van der Waals surface area contributed by atoms with Crippen LogP contribution in [-0.2, 0) is 19.1 Å². The van der Waals surface area contributed by atoms with Crippen LogP contribution in [0.2, 0.25) is 0 Å². The van der Waals surface area contributed by atoms with Crippen LogP contribution in [0.25, 0.3) is 0 Å². The van der Waals surface area contributed by atoms with E-state index in [1.807, 2.05) is 13.8 Å². The van der Waals surface area contributed by atoms with Crippen molar-refractivity contribution in [3.05, 3.63) is 0 Å². The number of carboxylic acids is 1. The highest BCUT2D eigenvalue weighted by atomic mass is 16.6. The molecule has 24 heavy (non-hydrogen) atoms. The van der Waals surface area contributed by atoms with Crippen LogP contribution in [0.15, 0.2) is 0 Å². The van der Waals surface area contributed by atoms with Gasteiger partial charge in [0.1, 0.15) is 18.2 Å². The average molecular weight is 345 g/mol. The zero-order valence-electron chi connectivity index (χ0n) is 14.8. The van der Waals surface area contributed by atoms with Gasteiger partial charge < -0.3 is 25.8 Å².